The Morgan fingerprint density at radius 1 is 1.30 bits per heavy atom. The molecule has 0 radical (unpaired) electrons. The van der Waals surface area contributed by atoms with Gasteiger partial charge >= 0.3 is 0 Å². The molecule has 0 aliphatic carbocycles. The largest absolute Gasteiger partial charge is 0.338 e. The van der Waals surface area contributed by atoms with Crippen LogP contribution in [0, 0.1) is 11.8 Å². The Balaban J connectivity index is 2.02. The highest BCUT2D eigenvalue weighted by atomic mass is 16.2. The molecule has 0 bridgehead atoms. The van der Waals surface area contributed by atoms with Crippen LogP contribution in [0.4, 0.5) is 0 Å². The first-order valence-corrected chi connectivity index (χ1v) is 7.65. The molecule has 1 saturated heterocycles. The smallest absolute Gasteiger partial charge is 0.222 e. The van der Waals surface area contributed by atoms with Crippen LogP contribution in [0.1, 0.15) is 44.2 Å². The van der Waals surface area contributed by atoms with Crippen LogP contribution in [0.2, 0.25) is 0 Å². The minimum Gasteiger partial charge on any atom is -0.338 e. The summed E-state index contributed by atoms with van der Waals surface area (Å²) >= 11 is 0. The van der Waals surface area contributed by atoms with E-state index in [0.29, 0.717) is 30.7 Å². The minimum atomic E-state index is 0.298. The van der Waals surface area contributed by atoms with E-state index in [9.17, 15) is 4.79 Å². The summed E-state index contributed by atoms with van der Waals surface area (Å²) in [6.07, 6.45) is 2.86. The zero-order valence-corrected chi connectivity index (χ0v) is 12.6. The SMILES string of the molecule is CC(C)C1CCC(=O)N(Cc2cccc(CN)c2)CC1. The third kappa shape index (κ3) is 3.83. The number of nitrogens with zero attached hydrogens (tertiary/aromatic N) is 1. The summed E-state index contributed by atoms with van der Waals surface area (Å²) in [5, 5.41) is 0. The van der Waals surface area contributed by atoms with E-state index in [1.165, 1.54) is 5.56 Å². The number of rotatable bonds is 4. The first kappa shape index (κ1) is 15.0. The van der Waals surface area contributed by atoms with Gasteiger partial charge in [-0.2, -0.15) is 0 Å². The lowest BCUT2D eigenvalue weighted by atomic mass is 9.89. The van der Waals surface area contributed by atoms with E-state index in [4.69, 9.17) is 5.73 Å². The molecule has 1 aliphatic heterocycles. The molecular formula is C17H26N2O. The molecule has 3 heteroatoms. The number of hydrogen-bond acceptors (Lipinski definition) is 2. The summed E-state index contributed by atoms with van der Waals surface area (Å²) in [6.45, 7) is 6.67. The van der Waals surface area contributed by atoms with Crippen molar-refractivity contribution in [2.24, 2.45) is 17.6 Å². The summed E-state index contributed by atoms with van der Waals surface area (Å²) in [4.78, 5) is 14.3. The van der Waals surface area contributed by atoms with Crippen LogP contribution in [-0.4, -0.2) is 17.4 Å². The molecular weight excluding hydrogens is 248 g/mol. The van der Waals surface area contributed by atoms with Crippen molar-refractivity contribution < 1.29 is 4.79 Å². The van der Waals surface area contributed by atoms with Gasteiger partial charge in [0.15, 0.2) is 0 Å². The van der Waals surface area contributed by atoms with Gasteiger partial charge in [0.1, 0.15) is 0 Å². The van der Waals surface area contributed by atoms with Crippen LogP contribution in [-0.2, 0) is 17.9 Å². The molecule has 0 aromatic heterocycles. The van der Waals surface area contributed by atoms with Crippen LogP contribution in [0.5, 0.6) is 0 Å². The van der Waals surface area contributed by atoms with Gasteiger partial charge < -0.3 is 10.6 Å². The Labute approximate surface area is 122 Å². The molecule has 0 spiro atoms. The lowest BCUT2D eigenvalue weighted by Gasteiger charge is -2.22. The lowest BCUT2D eigenvalue weighted by molar-refractivity contribution is -0.131. The molecule has 110 valence electrons. The highest BCUT2D eigenvalue weighted by Crippen LogP contribution is 2.26. The Hall–Kier alpha value is -1.35. The Morgan fingerprint density at radius 2 is 2.05 bits per heavy atom. The first-order valence-electron chi connectivity index (χ1n) is 7.65. The van der Waals surface area contributed by atoms with E-state index in [1.807, 2.05) is 17.0 Å². The molecule has 1 aromatic rings. The maximum absolute atomic E-state index is 12.2. The monoisotopic (exact) mass is 274 g/mol. The predicted molar refractivity (Wildman–Crippen MR) is 81.9 cm³/mol. The highest BCUT2D eigenvalue weighted by Gasteiger charge is 2.24. The second-order valence-corrected chi connectivity index (χ2v) is 6.17. The topological polar surface area (TPSA) is 46.3 Å². The molecule has 1 amide bonds. The highest BCUT2D eigenvalue weighted by molar-refractivity contribution is 5.76. The number of likely N-dealkylation sites (tertiary alicyclic amines) is 1. The Kier molecular flexibility index (Phi) is 5.18. The van der Waals surface area contributed by atoms with E-state index >= 15 is 0 Å². The van der Waals surface area contributed by atoms with Crippen molar-refractivity contribution in [3.05, 3.63) is 35.4 Å². The van der Waals surface area contributed by atoms with Gasteiger partial charge in [0.25, 0.3) is 0 Å². The van der Waals surface area contributed by atoms with Crippen LogP contribution in [0.25, 0.3) is 0 Å². The molecule has 2 N–H and O–H groups in total. The Morgan fingerprint density at radius 3 is 2.75 bits per heavy atom. The van der Waals surface area contributed by atoms with Gasteiger partial charge in [0.05, 0.1) is 0 Å². The van der Waals surface area contributed by atoms with E-state index in [2.05, 4.69) is 26.0 Å². The third-order valence-corrected chi connectivity index (χ3v) is 4.39. The van der Waals surface area contributed by atoms with Gasteiger partial charge in [-0.15, -0.1) is 0 Å². The van der Waals surface area contributed by atoms with Gasteiger partial charge in [-0.1, -0.05) is 38.1 Å². The van der Waals surface area contributed by atoms with Gasteiger partial charge in [-0.05, 0) is 35.8 Å². The maximum Gasteiger partial charge on any atom is 0.222 e. The fraction of sp³-hybridized carbons (Fsp3) is 0.588. The second-order valence-electron chi connectivity index (χ2n) is 6.17. The molecule has 1 unspecified atom stereocenters. The molecule has 0 saturated carbocycles. The molecule has 2 rings (SSSR count). The fourth-order valence-electron chi connectivity index (χ4n) is 2.97. The van der Waals surface area contributed by atoms with Gasteiger partial charge in [0, 0.05) is 26.1 Å². The minimum absolute atomic E-state index is 0.298. The van der Waals surface area contributed by atoms with Crippen LogP contribution in [0.15, 0.2) is 24.3 Å². The number of nitrogens with two attached hydrogens (primary N) is 1. The number of amides is 1. The van der Waals surface area contributed by atoms with Gasteiger partial charge in [-0.25, -0.2) is 0 Å². The Bertz CT molecular complexity index is 456. The summed E-state index contributed by atoms with van der Waals surface area (Å²) in [5.74, 6) is 1.65. The summed E-state index contributed by atoms with van der Waals surface area (Å²) in [5.41, 5.74) is 7.99. The van der Waals surface area contributed by atoms with Gasteiger partial charge in [-0.3, -0.25) is 4.79 Å². The van der Waals surface area contributed by atoms with E-state index < -0.39 is 0 Å². The average molecular weight is 274 g/mol. The van der Waals surface area contributed by atoms with Crippen molar-refractivity contribution in [1.82, 2.24) is 4.90 Å². The summed E-state index contributed by atoms with van der Waals surface area (Å²) < 4.78 is 0. The van der Waals surface area contributed by atoms with E-state index in [-0.39, 0.29) is 0 Å². The second kappa shape index (κ2) is 6.89. The molecule has 3 nitrogen and oxygen atoms in total. The molecule has 1 heterocycles. The van der Waals surface area contributed by atoms with E-state index in [0.717, 1.165) is 31.5 Å². The standard InChI is InChI=1S/C17H26N2O/c1-13(2)16-6-7-17(20)19(9-8-16)12-15-5-3-4-14(10-15)11-18/h3-5,10,13,16H,6-9,11-12,18H2,1-2H3. The number of carbonyl (C=O) groups is 1. The summed E-state index contributed by atoms with van der Waals surface area (Å²) in [7, 11) is 0. The molecule has 20 heavy (non-hydrogen) atoms. The zero-order chi connectivity index (χ0) is 14.5. The fourth-order valence-corrected chi connectivity index (χ4v) is 2.97. The number of benzene rings is 1. The van der Waals surface area contributed by atoms with Crippen molar-refractivity contribution in [1.29, 1.82) is 0 Å². The molecule has 1 atom stereocenters. The van der Waals surface area contributed by atoms with Crippen molar-refractivity contribution in [2.45, 2.75) is 46.2 Å². The first-order chi connectivity index (χ1) is 9.60. The van der Waals surface area contributed by atoms with Crippen molar-refractivity contribution in [3.8, 4) is 0 Å². The maximum atomic E-state index is 12.2. The van der Waals surface area contributed by atoms with Crippen molar-refractivity contribution >= 4 is 5.91 Å². The van der Waals surface area contributed by atoms with E-state index in [1.54, 1.807) is 0 Å². The van der Waals surface area contributed by atoms with Crippen molar-refractivity contribution in [2.75, 3.05) is 6.54 Å². The predicted octanol–water partition coefficient (Wildman–Crippen LogP) is 2.93. The van der Waals surface area contributed by atoms with Crippen LogP contribution >= 0.6 is 0 Å². The normalized spacial score (nSPS) is 20.3. The average Bonchev–Trinajstić information content (AvgIpc) is 2.62. The number of carbonyl (C=O) groups excluding carboxylic acids is 1. The van der Waals surface area contributed by atoms with Crippen LogP contribution < -0.4 is 5.73 Å². The molecule has 1 fully saturated rings. The zero-order valence-electron chi connectivity index (χ0n) is 12.6. The van der Waals surface area contributed by atoms with Gasteiger partial charge in [0.2, 0.25) is 5.91 Å². The summed E-state index contributed by atoms with van der Waals surface area (Å²) in [6, 6.07) is 8.24. The lowest BCUT2D eigenvalue weighted by Crippen LogP contribution is -2.29. The van der Waals surface area contributed by atoms with Crippen LogP contribution in [0.3, 0.4) is 0 Å². The quantitative estimate of drug-likeness (QED) is 0.917. The van der Waals surface area contributed by atoms with Crippen molar-refractivity contribution in [3.63, 3.8) is 0 Å². The molecule has 1 aromatic carbocycles. The molecule has 1 aliphatic rings. The third-order valence-electron chi connectivity index (χ3n) is 4.39. The number of hydrogen-bond donors (Lipinski definition) is 1.